The van der Waals surface area contributed by atoms with E-state index in [0.29, 0.717) is 12.8 Å². The van der Waals surface area contributed by atoms with Crippen molar-refractivity contribution in [2.75, 3.05) is 0 Å². The van der Waals surface area contributed by atoms with Crippen LogP contribution in [0.5, 0.6) is 0 Å². The fraction of sp³-hybridized carbons (Fsp3) is 0.375. The minimum atomic E-state index is -0.351. The van der Waals surface area contributed by atoms with Gasteiger partial charge < -0.3 is 9.90 Å². The maximum Gasteiger partial charge on any atom is 0.124 e. The molecule has 10 heavy (non-hydrogen) atoms. The summed E-state index contributed by atoms with van der Waals surface area (Å²) in [4.78, 5) is 10.0. The highest BCUT2D eigenvalue weighted by Gasteiger charge is 2.02. The standard InChI is InChI=1S/C8H10O2/c9-6-5-7-1-3-8(10)4-2-7/h1-3,6,8,10H,4-5H2. The predicted molar refractivity (Wildman–Crippen MR) is 38.5 cm³/mol. The third-order valence-electron chi connectivity index (χ3n) is 1.47. The first-order chi connectivity index (χ1) is 4.83. The number of hydrogen-bond donors (Lipinski definition) is 1. The Bertz CT molecular complexity index is 180. The van der Waals surface area contributed by atoms with Gasteiger partial charge in [-0.25, -0.2) is 0 Å². The largest absolute Gasteiger partial charge is 0.389 e. The fourth-order valence-electron chi connectivity index (χ4n) is 0.901. The van der Waals surface area contributed by atoms with Gasteiger partial charge >= 0.3 is 0 Å². The summed E-state index contributed by atoms with van der Waals surface area (Å²) in [5.41, 5.74) is 1.00. The topological polar surface area (TPSA) is 37.3 Å². The smallest absolute Gasteiger partial charge is 0.124 e. The van der Waals surface area contributed by atoms with Gasteiger partial charge in [-0.3, -0.25) is 0 Å². The Morgan fingerprint density at radius 2 is 2.60 bits per heavy atom. The van der Waals surface area contributed by atoms with Gasteiger partial charge in [0.05, 0.1) is 6.10 Å². The quantitative estimate of drug-likeness (QED) is 0.574. The van der Waals surface area contributed by atoms with Crippen molar-refractivity contribution >= 4 is 6.29 Å². The summed E-state index contributed by atoms with van der Waals surface area (Å²) in [6.07, 6.45) is 7.01. The summed E-state index contributed by atoms with van der Waals surface area (Å²) in [5, 5.41) is 8.98. The highest BCUT2D eigenvalue weighted by molar-refractivity contribution is 5.56. The van der Waals surface area contributed by atoms with Gasteiger partial charge in [0, 0.05) is 6.42 Å². The number of carbonyl (C=O) groups excluding carboxylic acids is 1. The van der Waals surface area contributed by atoms with Gasteiger partial charge in [0.1, 0.15) is 6.29 Å². The number of aliphatic hydroxyl groups excluding tert-OH is 1. The highest BCUT2D eigenvalue weighted by Crippen LogP contribution is 2.11. The van der Waals surface area contributed by atoms with Gasteiger partial charge in [0.2, 0.25) is 0 Å². The summed E-state index contributed by atoms with van der Waals surface area (Å²) in [6.45, 7) is 0. The van der Waals surface area contributed by atoms with Crippen LogP contribution >= 0.6 is 0 Å². The maximum atomic E-state index is 10.0. The first kappa shape index (κ1) is 7.22. The molecule has 0 bridgehead atoms. The summed E-state index contributed by atoms with van der Waals surface area (Å²) >= 11 is 0. The first-order valence-electron chi connectivity index (χ1n) is 3.32. The van der Waals surface area contributed by atoms with Crippen LogP contribution in [0.25, 0.3) is 0 Å². The van der Waals surface area contributed by atoms with Gasteiger partial charge in [-0.05, 0) is 12.0 Å². The highest BCUT2D eigenvalue weighted by atomic mass is 16.3. The molecule has 0 fully saturated rings. The van der Waals surface area contributed by atoms with Crippen LogP contribution in [0, 0.1) is 0 Å². The maximum absolute atomic E-state index is 10.0. The predicted octanol–water partition coefficient (Wildman–Crippen LogP) is 0.823. The third-order valence-corrected chi connectivity index (χ3v) is 1.47. The molecule has 0 aromatic rings. The van der Waals surface area contributed by atoms with Gasteiger partial charge in [-0.15, -0.1) is 0 Å². The van der Waals surface area contributed by atoms with Crippen LogP contribution in [0.2, 0.25) is 0 Å². The van der Waals surface area contributed by atoms with Crippen molar-refractivity contribution in [3.63, 3.8) is 0 Å². The summed E-state index contributed by atoms with van der Waals surface area (Å²) in [6, 6.07) is 0. The molecule has 54 valence electrons. The molecular formula is C8H10O2. The lowest BCUT2D eigenvalue weighted by molar-refractivity contribution is -0.107. The van der Waals surface area contributed by atoms with Crippen LogP contribution < -0.4 is 0 Å². The molecule has 2 nitrogen and oxygen atoms in total. The Hall–Kier alpha value is -0.890. The number of allylic oxidation sites excluding steroid dienone is 2. The van der Waals surface area contributed by atoms with E-state index in [4.69, 9.17) is 5.11 Å². The van der Waals surface area contributed by atoms with E-state index in [2.05, 4.69) is 0 Å². The molecule has 0 heterocycles. The molecule has 0 aromatic heterocycles. The van der Waals surface area contributed by atoms with Crippen molar-refractivity contribution in [2.24, 2.45) is 0 Å². The van der Waals surface area contributed by atoms with Gasteiger partial charge in [0.15, 0.2) is 0 Å². The molecule has 1 aliphatic carbocycles. The number of hydrogen-bond acceptors (Lipinski definition) is 2. The van der Waals surface area contributed by atoms with Crippen molar-refractivity contribution in [3.8, 4) is 0 Å². The lowest BCUT2D eigenvalue weighted by Gasteiger charge is -2.07. The van der Waals surface area contributed by atoms with E-state index >= 15 is 0 Å². The molecule has 0 saturated heterocycles. The van der Waals surface area contributed by atoms with E-state index in [1.165, 1.54) is 0 Å². The normalized spacial score (nSPS) is 24.1. The second-order valence-electron chi connectivity index (χ2n) is 2.31. The van der Waals surface area contributed by atoms with E-state index in [-0.39, 0.29) is 6.10 Å². The monoisotopic (exact) mass is 138 g/mol. The summed E-state index contributed by atoms with van der Waals surface area (Å²) in [5.74, 6) is 0. The zero-order valence-electron chi connectivity index (χ0n) is 5.66. The molecule has 2 heteroatoms. The van der Waals surface area contributed by atoms with Gasteiger partial charge in [-0.2, -0.15) is 0 Å². The van der Waals surface area contributed by atoms with Crippen LogP contribution in [0.4, 0.5) is 0 Å². The molecule has 1 N–H and O–H groups in total. The molecule has 0 aliphatic heterocycles. The second-order valence-corrected chi connectivity index (χ2v) is 2.31. The van der Waals surface area contributed by atoms with Crippen LogP contribution in [0.15, 0.2) is 23.8 Å². The van der Waals surface area contributed by atoms with Crippen LogP contribution in [-0.2, 0) is 4.79 Å². The van der Waals surface area contributed by atoms with Crippen molar-refractivity contribution in [1.29, 1.82) is 0 Å². The number of aldehydes is 1. The van der Waals surface area contributed by atoms with Crippen molar-refractivity contribution in [3.05, 3.63) is 23.8 Å². The molecule has 1 rings (SSSR count). The molecule has 1 unspecified atom stereocenters. The Morgan fingerprint density at radius 1 is 1.80 bits per heavy atom. The zero-order chi connectivity index (χ0) is 7.40. The van der Waals surface area contributed by atoms with Crippen LogP contribution in [0.1, 0.15) is 12.8 Å². The minimum Gasteiger partial charge on any atom is -0.389 e. The van der Waals surface area contributed by atoms with Gasteiger partial charge in [-0.1, -0.05) is 18.2 Å². The Labute approximate surface area is 59.9 Å². The van der Waals surface area contributed by atoms with Gasteiger partial charge in [0.25, 0.3) is 0 Å². The van der Waals surface area contributed by atoms with Crippen molar-refractivity contribution in [2.45, 2.75) is 18.9 Å². The molecule has 0 saturated carbocycles. The first-order valence-corrected chi connectivity index (χ1v) is 3.32. The Balaban J connectivity index is 2.49. The SMILES string of the molecule is O=CCC1=CCC(O)C=C1. The molecule has 0 spiro atoms. The van der Waals surface area contributed by atoms with Crippen LogP contribution in [-0.4, -0.2) is 17.5 Å². The van der Waals surface area contributed by atoms with Crippen molar-refractivity contribution < 1.29 is 9.90 Å². The van der Waals surface area contributed by atoms with Crippen LogP contribution in [0.3, 0.4) is 0 Å². The van der Waals surface area contributed by atoms with Crippen molar-refractivity contribution in [1.82, 2.24) is 0 Å². The average molecular weight is 138 g/mol. The van der Waals surface area contributed by atoms with E-state index < -0.39 is 0 Å². The van der Waals surface area contributed by atoms with E-state index in [0.717, 1.165) is 11.9 Å². The zero-order valence-corrected chi connectivity index (χ0v) is 5.66. The summed E-state index contributed by atoms with van der Waals surface area (Å²) < 4.78 is 0. The fourth-order valence-corrected chi connectivity index (χ4v) is 0.901. The van der Waals surface area contributed by atoms with E-state index in [9.17, 15) is 4.79 Å². The molecule has 1 atom stereocenters. The molecule has 1 aliphatic rings. The Kier molecular flexibility index (Phi) is 2.40. The number of rotatable bonds is 2. The van der Waals surface area contributed by atoms with E-state index in [1.807, 2.05) is 6.08 Å². The molecular weight excluding hydrogens is 128 g/mol. The lowest BCUT2D eigenvalue weighted by atomic mass is 10.0. The molecule has 0 amide bonds. The van der Waals surface area contributed by atoms with E-state index in [1.54, 1.807) is 12.2 Å². The molecule has 0 aromatic carbocycles. The second kappa shape index (κ2) is 3.32. The lowest BCUT2D eigenvalue weighted by Crippen LogP contribution is -2.04. The summed E-state index contributed by atoms with van der Waals surface area (Å²) in [7, 11) is 0. The Morgan fingerprint density at radius 3 is 3.10 bits per heavy atom. The molecule has 0 radical (unpaired) electrons. The third kappa shape index (κ3) is 1.81. The number of aliphatic hydroxyl groups is 1. The minimum absolute atomic E-state index is 0.351. The number of carbonyl (C=O) groups is 1. The average Bonchev–Trinajstić information content (AvgIpc) is 1.95.